The highest BCUT2D eigenvalue weighted by Crippen LogP contribution is 2.29. The Bertz CT molecular complexity index is 625. The van der Waals surface area contributed by atoms with Crippen LogP contribution in [0.1, 0.15) is 12.8 Å². The highest BCUT2D eigenvalue weighted by atomic mass is 32.2. The lowest BCUT2D eigenvalue weighted by Crippen LogP contribution is -2.18. The number of ether oxygens (including phenoxy) is 1. The monoisotopic (exact) mass is 328 g/mol. The first-order valence-corrected chi connectivity index (χ1v) is 8.46. The molecule has 1 aliphatic heterocycles. The van der Waals surface area contributed by atoms with Crippen molar-refractivity contribution in [1.82, 2.24) is 4.90 Å². The third-order valence-corrected chi connectivity index (χ3v) is 4.50. The van der Waals surface area contributed by atoms with E-state index in [4.69, 9.17) is 4.74 Å². The van der Waals surface area contributed by atoms with Crippen LogP contribution in [0.25, 0.3) is 0 Å². The summed E-state index contributed by atoms with van der Waals surface area (Å²) in [5.74, 6) is 1.51. The maximum atomic E-state index is 9.47. The van der Waals surface area contributed by atoms with Crippen LogP contribution in [0.2, 0.25) is 0 Å². The minimum atomic E-state index is 0.356. The molecule has 23 heavy (non-hydrogen) atoms. The predicted octanol–water partition coefficient (Wildman–Crippen LogP) is 4.49. The van der Waals surface area contributed by atoms with E-state index in [1.807, 2.05) is 30.3 Å². The molecule has 5 nitrogen and oxygen atoms in total. The van der Waals surface area contributed by atoms with Crippen LogP contribution >= 0.6 is 11.8 Å². The molecule has 1 heterocycles. The van der Waals surface area contributed by atoms with E-state index < -0.39 is 0 Å². The van der Waals surface area contributed by atoms with Crippen molar-refractivity contribution in [3.05, 3.63) is 47.6 Å². The van der Waals surface area contributed by atoms with Gasteiger partial charge in [0.2, 0.25) is 0 Å². The number of likely N-dealkylation sites (tertiary alicyclic amines) is 1. The van der Waals surface area contributed by atoms with Crippen molar-refractivity contribution in [2.75, 3.05) is 26.0 Å². The lowest BCUT2D eigenvalue weighted by molar-refractivity contribution is 0.415. The van der Waals surface area contributed by atoms with Crippen LogP contribution in [0.15, 0.2) is 57.9 Å². The summed E-state index contributed by atoms with van der Waals surface area (Å²) in [6, 6.07) is 9.43. The lowest BCUT2D eigenvalue weighted by Gasteiger charge is -2.20. The molecule has 0 aliphatic carbocycles. The number of rotatable bonds is 7. The molecule has 0 atom stereocenters. The fourth-order valence-corrected chi connectivity index (χ4v) is 3.10. The van der Waals surface area contributed by atoms with Crippen molar-refractivity contribution in [2.24, 2.45) is 10.2 Å². The molecule has 120 valence electrons. The van der Waals surface area contributed by atoms with Gasteiger partial charge in [0, 0.05) is 18.8 Å². The largest absolute Gasteiger partial charge is 0.497 e. The number of methoxy groups -OCH3 is 1. The summed E-state index contributed by atoms with van der Waals surface area (Å²) >= 11 is 1.58. The first-order chi connectivity index (χ1) is 11.3. The number of hydrogen-bond donors (Lipinski definition) is 0. The van der Waals surface area contributed by atoms with Gasteiger partial charge >= 0.3 is 0 Å². The molecule has 0 saturated carbocycles. The molecule has 0 unspecified atom stereocenters. The molecule has 1 aromatic carbocycles. The normalized spacial score (nSPS) is 15.4. The van der Waals surface area contributed by atoms with Crippen LogP contribution in [0.5, 0.6) is 5.75 Å². The summed E-state index contributed by atoms with van der Waals surface area (Å²) < 4.78 is 5.11. The second-order valence-electron chi connectivity index (χ2n) is 4.96. The van der Waals surface area contributed by atoms with Gasteiger partial charge in [-0.3, -0.25) is 0 Å². The standard InChI is InChI=1S/C17H20N4OS/c1-3-12-23-17(21-10-4-5-11-21)16(13-18)20-19-14-6-8-15(22-2)9-7-14/h3,6-9H,1,4-5,10-12H2,2H3/b17-16+,20-19?. The average Bonchev–Trinajstić information content (AvgIpc) is 3.12. The topological polar surface area (TPSA) is 61.0 Å². The SMILES string of the molecule is C=CCS/C(=C(\C#N)N=Nc1ccc(OC)cc1)N1CCCC1. The van der Waals surface area contributed by atoms with E-state index in [0.29, 0.717) is 11.4 Å². The lowest BCUT2D eigenvalue weighted by atomic mass is 10.3. The number of azo groups is 1. The first kappa shape index (κ1) is 17.1. The number of nitrogens with zero attached hydrogens (tertiary/aromatic N) is 4. The zero-order valence-corrected chi connectivity index (χ0v) is 14.1. The fraction of sp³-hybridized carbons (Fsp3) is 0.353. The van der Waals surface area contributed by atoms with Gasteiger partial charge in [-0.05, 0) is 37.1 Å². The van der Waals surface area contributed by atoms with Gasteiger partial charge in [-0.15, -0.1) is 28.6 Å². The third-order valence-electron chi connectivity index (χ3n) is 3.38. The molecule has 0 N–H and O–H groups in total. The van der Waals surface area contributed by atoms with E-state index >= 15 is 0 Å². The van der Waals surface area contributed by atoms with E-state index in [-0.39, 0.29) is 0 Å². The average molecular weight is 328 g/mol. The Morgan fingerprint density at radius 1 is 1.39 bits per heavy atom. The minimum absolute atomic E-state index is 0.356. The number of benzene rings is 1. The summed E-state index contributed by atoms with van der Waals surface area (Å²) in [4.78, 5) is 2.21. The molecule has 0 bridgehead atoms. The molecule has 2 rings (SSSR count). The van der Waals surface area contributed by atoms with Crippen LogP contribution in [-0.4, -0.2) is 30.9 Å². The molecule has 1 aromatic rings. The maximum absolute atomic E-state index is 9.47. The number of thioether (sulfide) groups is 1. The van der Waals surface area contributed by atoms with Crippen molar-refractivity contribution in [1.29, 1.82) is 5.26 Å². The Morgan fingerprint density at radius 2 is 2.09 bits per heavy atom. The van der Waals surface area contributed by atoms with E-state index in [2.05, 4.69) is 27.8 Å². The van der Waals surface area contributed by atoms with Crippen LogP contribution in [0.4, 0.5) is 5.69 Å². The summed E-state index contributed by atoms with van der Waals surface area (Å²) in [6.07, 6.45) is 4.12. The summed E-state index contributed by atoms with van der Waals surface area (Å²) in [7, 11) is 1.62. The molecule has 0 aromatic heterocycles. The van der Waals surface area contributed by atoms with Crippen molar-refractivity contribution < 1.29 is 4.74 Å². The fourth-order valence-electron chi connectivity index (χ4n) is 2.24. The molecule has 1 saturated heterocycles. The molecular formula is C17H20N4OS. The van der Waals surface area contributed by atoms with Gasteiger partial charge in [0.25, 0.3) is 0 Å². The summed E-state index contributed by atoms with van der Waals surface area (Å²) in [5, 5.41) is 18.7. The van der Waals surface area contributed by atoms with Gasteiger partial charge < -0.3 is 9.64 Å². The quantitative estimate of drug-likeness (QED) is 0.420. The molecule has 1 fully saturated rings. The van der Waals surface area contributed by atoms with Crippen LogP contribution < -0.4 is 4.74 Å². The van der Waals surface area contributed by atoms with Gasteiger partial charge in [-0.2, -0.15) is 5.26 Å². The Hall–Kier alpha value is -2.26. The number of allylic oxidation sites excluding steroid dienone is 1. The zero-order valence-electron chi connectivity index (χ0n) is 13.2. The van der Waals surface area contributed by atoms with E-state index in [0.717, 1.165) is 42.5 Å². The summed E-state index contributed by atoms with van der Waals surface area (Å²) in [6.45, 7) is 5.67. The minimum Gasteiger partial charge on any atom is -0.497 e. The van der Waals surface area contributed by atoms with Crippen LogP contribution in [0, 0.1) is 11.3 Å². The smallest absolute Gasteiger partial charge is 0.192 e. The van der Waals surface area contributed by atoms with Gasteiger partial charge in [0.05, 0.1) is 12.8 Å². The second-order valence-corrected chi connectivity index (χ2v) is 5.97. The second kappa shape index (κ2) is 9.01. The first-order valence-electron chi connectivity index (χ1n) is 7.47. The van der Waals surface area contributed by atoms with Crippen LogP contribution in [-0.2, 0) is 0 Å². The van der Waals surface area contributed by atoms with E-state index in [1.54, 1.807) is 18.9 Å². The van der Waals surface area contributed by atoms with Crippen molar-refractivity contribution in [3.63, 3.8) is 0 Å². The molecule has 1 aliphatic rings. The Morgan fingerprint density at radius 3 is 2.65 bits per heavy atom. The van der Waals surface area contributed by atoms with Gasteiger partial charge in [0.1, 0.15) is 16.8 Å². The van der Waals surface area contributed by atoms with Crippen molar-refractivity contribution >= 4 is 17.4 Å². The molecule has 6 heteroatoms. The molecule has 0 radical (unpaired) electrons. The van der Waals surface area contributed by atoms with Crippen molar-refractivity contribution in [3.8, 4) is 11.8 Å². The Balaban J connectivity index is 2.22. The van der Waals surface area contributed by atoms with Gasteiger partial charge in [-0.25, -0.2) is 0 Å². The van der Waals surface area contributed by atoms with Crippen LogP contribution in [0.3, 0.4) is 0 Å². The Labute approximate surface area is 141 Å². The van der Waals surface area contributed by atoms with Gasteiger partial charge in [-0.1, -0.05) is 6.08 Å². The van der Waals surface area contributed by atoms with E-state index in [1.165, 1.54) is 0 Å². The van der Waals surface area contributed by atoms with Gasteiger partial charge in [0.15, 0.2) is 5.70 Å². The maximum Gasteiger partial charge on any atom is 0.192 e. The number of nitriles is 1. The third kappa shape index (κ3) is 4.86. The predicted molar refractivity (Wildman–Crippen MR) is 93.6 cm³/mol. The Kier molecular flexibility index (Phi) is 6.70. The molecular weight excluding hydrogens is 308 g/mol. The summed E-state index contributed by atoms with van der Waals surface area (Å²) in [5.41, 5.74) is 1.04. The van der Waals surface area contributed by atoms with Crippen molar-refractivity contribution in [2.45, 2.75) is 12.8 Å². The highest BCUT2D eigenvalue weighted by molar-refractivity contribution is 8.03. The number of hydrogen-bond acceptors (Lipinski definition) is 6. The van der Waals surface area contributed by atoms with E-state index in [9.17, 15) is 5.26 Å². The zero-order chi connectivity index (χ0) is 16.5. The molecule has 0 amide bonds. The highest BCUT2D eigenvalue weighted by Gasteiger charge is 2.19. The molecule has 0 spiro atoms.